The van der Waals surface area contributed by atoms with Crippen molar-refractivity contribution in [3.05, 3.63) is 29.8 Å². The minimum Gasteiger partial charge on any atom is -0.405 e. The summed E-state index contributed by atoms with van der Waals surface area (Å²) in [6.07, 6.45) is -4.82. The van der Waals surface area contributed by atoms with Gasteiger partial charge < -0.3 is 10.5 Å². The molecule has 0 aromatic heterocycles. The summed E-state index contributed by atoms with van der Waals surface area (Å²) < 4.78 is 52.0. The van der Waals surface area contributed by atoms with Crippen LogP contribution in [0.5, 0.6) is 5.75 Å². The lowest BCUT2D eigenvalue weighted by molar-refractivity contribution is -0.275. The second-order valence-corrected chi connectivity index (χ2v) is 3.17. The van der Waals surface area contributed by atoms with Crippen molar-refractivity contribution in [3.8, 4) is 5.75 Å². The van der Waals surface area contributed by atoms with Gasteiger partial charge in [-0.2, -0.15) is 0 Å². The van der Waals surface area contributed by atoms with Crippen LogP contribution >= 0.6 is 12.4 Å². The Morgan fingerprint density at radius 3 is 2.35 bits per heavy atom. The van der Waals surface area contributed by atoms with Gasteiger partial charge in [-0.1, -0.05) is 18.2 Å². The maximum atomic E-state index is 12.1. The van der Waals surface area contributed by atoms with Gasteiger partial charge in [0.05, 0.1) is 6.67 Å². The average molecular weight is 274 g/mol. The third kappa shape index (κ3) is 5.23. The van der Waals surface area contributed by atoms with Gasteiger partial charge in [-0.3, -0.25) is 4.39 Å². The van der Waals surface area contributed by atoms with Crippen molar-refractivity contribution in [2.75, 3.05) is 6.67 Å². The van der Waals surface area contributed by atoms with Crippen molar-refractivity contribution in [3.63, 3.8) is 0 Å². The molecular weight excluding hydrogens is 262 g/mol. The number of benzene rings is 1. The molecule has 0 radical (unpaired) electrons. The number of hydrogen-bond acceptors (Lipinski definition) is 2. The number of ether oxygens (including phenoxy) is 1. The molecule has 0 heterocycles. The molecule has 0 spiro atoms. The summed E-state index contributed by atoms with van der Waals surface area (Å²) in [5.74, 6) is -0.379. The Hall–Kier alpha value is -1.01. The molecule has 1 rings (SSSR count). The molecule has 1 atom stereocenters. The molecule has 1 aromatic carbocycles. The highest BCUT2D eigenvalue weighted by atomic mass is 35.5. The summed E-state index contributed by atoms with van der Waals surface area (Å²) >= 11 is 0. The Kier molecular flexibility index (Phi) is 6.26. The fourth-order valence-corrected chi connectivity index (χ4v) is 1.28. The second-order valence-electron chi connectivity index (χ2n) is 3.17. The zero-order valence-corrected chi connectivity index (χ0v) is 9.52. The normalized spacial score (nSPS) is 12.8. The number of hydrogen-bond donors (Lipinski definition) is 1. The molecule has 0 aliphatic heterocycles. The van der Waals surface area contributed by atoms with Crippen LogP contribution in [0.1, 0.15) is 18.0 Å². The van der Waals surface area contributed by atoms with E-state index in [0.717, 1.165) is 6.07 Å². The quantitative estimate of drug-likeness (QED) is 0.854. The van der Waals surface area contributed by atoms with Crippen molar-refractivity contribution in [1.29, 1.82) is 0 Å². The molecule has 0 amide bonds. The van der Waals surface area contributed by atoms with E-state index in [1.54, 1.807) is 0 Å². The van der Waals surface area contributed by atoms with Gasteiger partial charge >= 0.3 is 6.36 Å². The van der Waals surface area contributed by atoms with Gasteiger partial charge in [0, 0.05) is 11.6 Å². The number of nitrogens with two attached hydrogens (primary N) is 1. The topological polar surface area (TPSA) is 35.2 Å². The van der Waals surface area contributed by atoms with Gasteiger partial charge in [-0.25, -0.2) is 0 Å². The lowest BCUT2D eigenvalue weighted by Crippen LogP contribution is -2.20. The van der Waals surface area contributed by atoms with Crippen LogP contribution in [0.4, 0.5) is 17.6 Å². The summed E-state index contributed by atoms with van der Waals surface area (Å²) in [4.78, 5) is 0. The van der Waals surface area contributed by atoms with E-state index in [2.05, 4.69) is 4.74 Å². The van der Waals surface area contributed by atoms with Gasteiger partial charge in [0.25, 0.3) is 0 Å². The van der Waals surface area contributed by atoms with Crippen LogP contribution in [0, 0.1) is 0 Å². The largest absolute Gasteiger partial charge is 0.573 e. The third-order valence-electron chi connectivity index (χ3n) is 1.96. The van der Waals surface area contributed by atoms with Crippen molar-refractivity contribution in [2.45, 2.75) is 18.8 Å². The molecule has 7 heteroatoms. The van der Waals surface area contributed by atoms with Crippen molar-refractivity contribution >= 4 is 12.4 Å². The van der Waals surface area contributed by atoms with E-state index in [1.165, 1.54) is 18.2 Å². The van der Waals surface area contributed by atoms with Gasteiger partial charge in [0.15, 0.2) is 0 Å². The second kappa shape index (κ2) is 6.66. The molecule has 98 valence electrons. The van der Waals surface area contributed by atoms with E-state index in [0.29, 0.717) is 0 Å². The van der Waals surface area contributed by atoms with E-state index in [4.69, 9.17) is 5.73 Å². The number of rotatable bonds is 4. The van der Waals surface area contributed by atoms with E-state index in [-0.39, 0.29) is 30.1 Å². The predicted molar refractivity (Wildman–Crippen MR) is 57.9 cm³/mol. The first kappa shape index (κ1) is 16.0. The lowest BCUT2D eigenvalue weighted by atomic mass is 10.0. The predicted octanol–water partition coefficient (Wildman–Crippen LogP) is 3.37. The SMILES string of the molecule is Cl.N[C@H](CCF)c1ccccc1OC(F)(F)F. The zero-order valence-electron chi connectivity index (χ0n) is 8.71. The Labute approximate surface area is 102 Å². The monoisotopic (exact) mass is 273 g/mol. The first-order valence-corrected chi connectivity index (χ1v) is 4.60. The molecular formula is C10H12ClF4NO. The Balaban J connectivity index is 0.00000256. The maximum Gasteiger partial charge on any atom is 0.573 e. The first-order chi connectivity index (χ1) is 7.44. The lowest BCUT2D eigenvalue weighted by Gasteiger charge is -2.16. The van der Waals surface area contributed by atoms with Gasteiger partial charge in [0.1, 0.15) is 5.75 Å². The average Bonchev–Trinajstić information content (AvgIpc) is 2.16. The van der Waals surface area contributed by atoms with E-state index in [9.17, 15) is 17.6 Å². The minimum absolute atomic E-state index is 0. The summed E-state index contributed by atoms with van der Waals surface area (Å²) in [6.45, 7) is -0.693. The summed E-state index contributed by atoms with van der Waals surface area (Å²) in [6, 6.07) is 4.66. The molecule has 0 saturated carbocycles. The summed E-state index contributed by atoms with van der Waals surface area (Å²) in [5, 5.41) is 0. The Morgan fingerprint density at radius 2 is 1.82 bits per heavy atom. The molecule has 1 aromatic rings. The third-order valence-corrected chi connectivity index (χ3v) is 1.96. The van der Waals surface area contributed by atoms with E-state index < -0.39 is 19.1 Å². The molecule has 0 unspecified atom stereocenters. The van der Waals surface area contributed by atoms with Gasteiger partial charge in [-0.15, -0.1) is 25.6 Å². The van der Waals surface area contributed by atoms with Crippen molar-refractivity contribution < 1.29 is 22.3 Å². The smallest absolute Gasteiger partial charge is 0.405 e. The van der Waals surface area contributed by atoms with Crippen LogP contribution in [-0.4, -0.2) is 13.0 Å². The van der Waals surface area contributed by atoms with Crippen LogP contribution < -0.4 is 10.5 Å². The Bertz CT molecular complexity index is 345. The zero-order chi connectivity index (χ0) is 12.2. The molecule has 0 saturated heterocycles. The van der Waals surface area contributed by atoms with Crippen LogP contribution in [0.3, 0.4) is 0 Å². The molecule has 2 N–H and O–H groups in total. The summed E-state index contributed by atoms with van der Waals surface area (Å²) in [5.41, 5.74) is 5.69. The van der Waals surface area contributed by atoms with Crippen LogP contribution in [0.25, 0.3) is 0 Å². The Morgan fingerprint density at radius 1 is 1.24 bits per heavy atom. The van der Waals surface area contributed by atoms with Gasteiger partial charge in [0.2, 0.25) is 0 Å². The molecule has 0 fully saturated rings. The van der Waals surface area contributed by atoms with E-state index in [1.807, 2.05) is 0 Å². The fourth-order valence-electron chi connectivity index (χ4n) is 1.28. The number of para-hydroxylation sites is 1. The number of alkyl halides is 4. The maximum absolute atomic E-state index is 12.1. The molecule has 2 nitrogen and oxygen atoms in total. The molecule has 0 aliphatic rings. The highest BCUT2D eigenvalue weighted by molar-refractivity contribution is 5.85. The van der Waals surface area contributed by atoms with Crippen molar-refractivity contribution in [2.24, 2.45) is 5.73 Å². The van der Waals surface area contributed by atoms with Crippen molar-refractivity contribution in [1.82, 2.24) is 0 Å². The molecule has 17 heavy (non-hydrogen) atoms. The molecule has 0 bridgehead atoms. The standard InChI is InChI=1S/C10H11F4NO.ClH/c11-6-5-8(15)7-3-1-2-4-9(7)16-10(12,13)14;/h1-4,8H,5-6,15H2;1H/t8-;/m1./s1. The van der Waals surface area contributed by atoms with Crippen LogP contribution in [-0.2, 0) is 0 Å². The fraction of sp³-hybridized carbons (Fsp3) is 0.400. The van der Waals surface area contributed by atoms with Gasteiger partial charge in [-0.05, 0) is 12.5 Å². The van der Waals surface area contributed by atoms with Crippen LogP contribution in [0.2, 0.25) is 0 Å². The van der Waals surface area contributed by atoms with Crippen LogP contribution in [0.15, 0.2) is 24.3 Å². The van der Waals surface area contributed by atoms with E-state index >= 15 is 0 Å². The summed E-state index contributed by atoms with van der Waals surface area (Å²) in [7, 11) is 0. The minimum atomic E-state index is -4.77. The number of halogens is 5. The highest BCUT2D eigenvalue weighted by Gasteiger charge is 2.32. The first-order valence-electron chi connectivity index (χ1n) is 4.60. The highest BCUT2D eigenvalue weighted by Crippen LogP contribution is 2.30. The molecule has 0 aliphatic carbocycles.